The molecule has 2 aromatic rings. The second-order valence-electron chi connectivity index (χ2n) is 6.04. The van der Waals surface area contributed by atoms with E-state index in [0.29, 0.717) is 17.5 Å². The van der Waals surface area contributed by atoms with Crippen molar-refractivity contribution >= 4 is 17.2 Å². The Hall–Kier alpha value is -1.82. The molecule has 114 valence electrons. The molecule has 1 aliphatic carbocycles. The third-order valence-electron chi connectivity index (χ3n) is 4.35. The van der Waals surface area contributed by atoms with Gasteiger partial charge in [0.2, 0.25) is 0 Å². The van der Waals surface area contributed by atoms with Gasteiger partial charge >= 0.3 is 0 Å². The Bertz CT molecular complexity index is 669. The van der Waals surface area contributed by atoms with E-state index in [-0.39, 0.29) is 5.91 Å². The van der Waals surface area contributed by atoms with Crippen molar-refractivity contribution in [3.63, 3.8) is 0 Å². The molecular formula is C16H18N4OS. The maximum absolute atomic E-state index is 12.7. The van der Waals surface area contributed by atoms with Crippen molar-refractivity contribution in [2.75, 3.05) is 13.1 Å². The largest absolute Gasteiger partial charge is 0.337 e. The predicted octanol–water partition coefficient (Wildman–Crippen LogP) is 2.83. The van der Waals surface area contributed by atoms with Crippen LogP contribution < -0.4 is 0 Å². The van der Waals surface area contributed by atoms with Gasteiger partial charge in [0.05, 0.1) is 5.01 Å². The second kappa shape index (κ2) is 5.76. The summed E-state index contributed by atoms with van der Waals surface area (Å²) in [5.41, 5.74) is 0.539. The lowest BCUT2D eigenvalue weighted by Gasteiger charge is -2.31. The summed E-state index contributed by atoms with van der Waals surface area (Å²) in [6, 6.07) is 1.74. The standard InChI is InChI=1S/C16H18N4OS/c21-16(13-5-6-17-14(19-13)11-3-4-11)20-8-1-2-12(10-20)15-18-7-9-22-15/h5-7,9,11-12H,1-4,8,10H2. The van der Waals surface area contributed by atoms with Crippen LogP contribution in [0.2, 0.25) is 0 Å². The van der Waals surface area contributed by atoms with Crippen LogP contribution in [0.3, 0.4) is 0 Å². The first kappa shape index (κ1) is 13.8. The Balaban J connectivity index is 1.51. The lowest BCUT2D eigenvalue weighted by molar-refractivity contribution is 0.0700. The summed E-state index contributed by atoms with van der Waals surface area (Å²) in [5.74, 6) is 1.70. The quantitative estimate of drug-likeness (QED) is 0.874. The molecule has 2 aliphatic rings. The fraction of sp³-hybridized carbons (Fsp3) is 0.500. The molecule has 0 radical (unpaired) electrons. The predicted molar refractivity (Wildman–Crippen MR) is 84.0 cm³/mol. The zero-order chi connectivity index (χ0) is 14.9. The highest BCUT2D eigenvalue weighted by Crippen LogP contribution is 2.37. The van der Waals surface area contributed by atoms with Crippen LogP contribution in [-0.2, 0) is 0 Å². The molecule has 4 rings (SSSR count). The molecule has 2 aromatic heterocycles. The van der Waals surface area contributed by atoms with Crippen molar-refractivity contribution in [2.45, 2.75) is 37.5 Å². The molecule has 0 bridgehead atoms. The second-order valence-corrected chi connectivity index (χ2v) is 6.96. The number of likely N-dealkylation sites (tertiary alicyclic amines) is 1. The van der Waals surface area contributed by atoms with Crippen molar-refractivity contribution in [3.05, 3.63) is 40.4 Å². The van der Waals surface area contributed by atoms with Crippen LogP contribution in [0.5, 0.6) is 0 Å². The molecule has 1 saturated heterocycles. The monoisotopic (exact) mass is 314 g/mol. The molecule has 1 atom stereocenters. The van der Waals surface area contributed by atoms with Gasteiger partial charge in [0, 0.05) is 42.7 Å². The lowest BCUT2D eigenvalue weighted by atomic mass is 9.98. The molecule has 2 fully saturated rings. The van der Waals surface area contributed by atoms with E-state index in [4.69, 9.17) is 0 Å². The van der Waals surface area contributed by atoms with Gasteiger partial charge in [-0.05, 0) is 31.7 Å². The van der Waals surface area contributed by atoms with E-state index in [1.54, 1.807) is 23.6 Å². The average molecular weight is 314 g/mol. The minimum Gasteiger partial charge on any atom is -0.337 e. The maximum atomic E-state index is 12.7. The summed E-state index contributed by atoms with van der Waals surface area (Å²) in [5, 5.41) is 3.14. The van der Waals surface area contributed by atoms with Crippen LogP contribution in [0, 0.1) is 0 Å². The first-order chi connectivity index (χ1) is 10.8. The smallest absolute Gasteiger partial charge is 0.272 e. The highest BCUT2D eigenvalue weighted by Gasteiger charge is 2.30. The summed E-state index contributed by atoms with van der Waals surface area (Å²) in [4.78, 5) is 27.8. The van der Waals surface area contributed by atoms with E-state index in [1.165, 1.54) is 0 Å². The topological polar surface area (TPSA) is 59.0 Å². The van der Waals surface area contributed by atoms with Crippen LogP contribution in [0.4, 0.5) is 0 Å². The molecule has 1 aliphatic heterocycles. The SMILES string of the molecule is O=C(c1ccnc(C2CC2)n1)N1CCCC(c2nccs2)C1. The first-order valence-corrected chi connectivity index (χ1v) is 8.71. The summed E-state index contributed by atoms with van der Waals surface area (Å²) in [7, 11) is 0. The van der Waals surface area contributed by atoms with Crippen LogP contribution in [0.25, 0.3) is 0 Å². The number of hydrogen-bond acceptors (Lipinski definition) is 5. The third kappa shape index (κ3) is 2.75. The van der Waals surface area contributed by atoms with Crippen molar-refractivity contribution in [1.29, 1.82) is 0 Å². The van der Waals surface area contributed by atoms with Gasteiger partial charge in [-0.15, -0.1) is 11.3 Å². The molecule has 0 aromatic carbocycles. The number of rotatable bonds is 3. The highest BCUT2D eigenvalue weighted by atomic mass is 32.1. The van der Waals surface area contributed by atoms with E-state index < -0.39 is 0 Å². The van der Waals surface area contributed by atoms with Crippen LogP contribution in [-0.4, -0.2) is 38.8 Å². The zero-order valence-electron chi connectivity index (χ0n) is 12.3. The molecule has 6 heteroatoms. The van der Waals surface area contributed by atoms with Gasteiger partial charge in [-0.1, -0.05) is 0 Å². The molecule has 1 unspecified atom stereocenters. The Morgan fingerprint density at radius 3 is 2.86 bits per heavy atom. The summed E-state index contributed by atoms with van der Waals surface area (Å²) >= 11 is 1.68. The number of thiazole rings is 1. The van der Waals surface area contributed by atoms with Gasteiger partial charge in [0.25, 0.3) is 5.91 Å². The molecular weight excluding hydrogens is 296 g/mol. The Labute approximate surface area is 133 Å². The van der Waals surface area contributed by atoms with Gasteiger partial charge in [0.15, 0.2) is 0 Å². The zero-order valence-corrected chi connectivity index (χ0v) is 13.1. The van der Waals surface area contributed by atoms with Gasteiger partial charge in [-0.3, -0.25) is 4.79 Å². The van der Waals surface area contributed by atoms with Crippen LogP contribution in [0.15, 0.2) is 23.8 Å². The molecule has 22 heavy (non-hydrogen) atoms. The minimum absolute atomic E-state index is 0.0329. The van der Waals surface area contributed by atoms with E-state index in [1.807, 2.05) is 16.5 Å². The number of piperidine rings is 1. The van der Waals surface area contributed by atoms with Crippen LogP contribution >= 0.6 is 11.3 Å². The number of amides is 1. The van der Waals surface area contributed by atoms with Gasteiger partial charge in [-0.25, -0.2) is 15.0 Å². The number of aromatic nitrogens is 3. The van der Waals surface area contributed by atoms with Crippen molar-refractivity contribution in [3.8, 4) is 0 Å². The summed E-state index contributed by atoms with van der Waals surface area (Å²) in [6.45, 7) is 1.55. The normalized spacial score (nSPS) is 21.8. The van der Waals surface area contributed by atoms with E-state index in [2.05, 4.69) is 15.0 Å². The van der Waals surface area contributed by atoms with Gasteiger partial charge < -0.3 is 4.90 Å². The molecule has 1 saturated carbocycles. The Morgan fingerprint density at radius 1 is 1.18 bits per heavy atom. The van der Waals surface area contributed by atoms with Crippen molar-refractivity contribution in [2.24, 2.45) is 0 Å². The average Bonchev–Trinajstić information content (AvgIpc) is 3.29. The Kier molecular flexibility index (Phi) is 3.62. The fourth-order valence-electron chi connectivity index (χ4n) is 2.99. The summed E-state index contributed by atoms with van der Waals surface area (Å²) < 4.78 is 0. The molecule has 0 spiro atoms. The maximum Gasteiger partial charge on any atom is 0.272 e. The number of carbonyl (C=O) groups excluding carboxylic acids is 1. The molecule has 1 amide bonds. The number of carbonyl (C=O) groups is 1. The van der Waals surface area contributed by atoms with Crippen molar-refractivity contribution in [1.82, 2.24) is 19.9 Å². The van der Waals surface area contributed by atoms with Crippen molar-refractivity contribution < 1.29 is 4.79 Å². The van der Waals surface area contributed by atoms with Gasteiger partial charge in [-0.2, -0.15) is 0 Å². The van der Waals surface area contributed by atoms with E-state index in [0.717, 1.165) is 49.6 Å². The van der Waals surface area contributed by atoms with Crippen LogP contribution in [0.1, 0.15) is 58.8 Å². The molecule has 0 N–H and O–H groups in total. The molecule has 3 heterocycles. The lowest BCUT2D eigenvalue weighted by Crippen LogP contribution is -2.39. The van der Waals surface area contributed by atoms with Gasteiger partial charge in [0.1, 0.15) is 11.5 Å². The number of hydrogen-bond donors (Lipinski definition) is 0. The third-order valence-corrected chi connectivity index (χ3v) is 5.28. The molecule has 5 nitrogen and oxygen atoms in total. The summed E-state index contributed by atoms with van der Waals surface area (Å²) in [6.07, 6.45) is 7.98. The van der Waals surface area contributed by atoms with E-state index in [9.17, 15) is 4.79 Å². The van der Waals surface area contributed by atoms with E-state index >= 15 is 0 Å². The fourth-order valence-corrected chi connectivity index (χ4v) is 3.76. The minimum atomic E-state index is 0.0329. The number of nitrogens with zero attached hydrogens (tertiary/aromatic N) is 4. The first-order valence-electron chi connectivity index (χ1n) is 7.83. The Morgan fingerprint density at radius 2 is 2.09 bits per heavy atom. The highest BCUT2D eigenvalue weighted by molar-refractivity contribution is 7.09.